The number of nitrogens with zero attached hydrogens (tertiary/aromatic N) is 1. The summed E-state index contributed by atoms with van der Waals surface area (Å²) >= 11 is 3.38. The van der Waals surface area contributed by atoms with Crippen LogP contribution in [0, 0.1) is 5.82 Å². The van der Waals surface area contributed by atoms with Crippen LogP contribution in [-0.2, 0) is 0 Å². The fraction of sp³-hybridized carbons (Fsp3) is 0.214. The largest absolute Gasteiger partial charge is 0.494 e. The molecule has 0 spiro atoms. The van der Waals surface area contributed by atoms with Crippen molar-refractivity contribution < 1.29 is 9.13 Å². The third-order valence-electron chi connectivity index (χ3n) is 2.86. The Labute approximate surface area is 125 Å². The number of hydrogen-bond donors (Lipinski definition) is 2. The highest BCUT2D eigenvalue weighted by molar-refractivity contribution is 9.10. The third-order valence-corrected chi connectivity index (χ3v) is 3.29. The molecule has 0 saturated heterocycles. The molecular formula is C14H15BrFN3O. The number of nitrogens with two attached hydrogens (primary N) is 1. The summed E-state index contributed by atoms with van der Waals surface area (Å²) in [6.07, 6.45) is 3.45. The van der Waals surface area contributed by atoms with Crippen LogP contribution in [0.25, 0.3) is 0 Å². The summed E-state index contributed by atoms with van der Waals surface area (Å²) in [5.74, 6) is -0.204. The highest BCUT2D eigenvalue weighted by Gasteiger charge is 2.12. The molecule has 4 nitrogen and oxygen atoms in total. The molecule has 2 rings (SSSR count). The lowest BCUT2D eigenvalue weighted by molar-refractivity contribution is 0.386. The minimum atomic E-state index is -0.397. The zero-order chi connectivity index (χ0) is 14.5. The van der Waals surface area contributed by atoms with Crippen LogP contribution in [-0.4, -0.2) is 18.6 Å². The van der Waals surface area contributed by atoms with Gasteiger partial charge < -0.3 is 15.8 Å². The Hall–Kier alpha value is -1.66. The Balaban J connectivity index is 2.22. The smallest absolute Gasteiger partial charge is 0.165 e. The molecule has 20 heavy (non-hydrogen) atoms. The van der Waals surface area contributed by atoms with Gasteiger partial charge in [0.2, 0.25) is 0 Å². The second-order valence-electron chi connectivity index (χ2n) is 4.22. The first-order chi connectivity index (χ1) is 9.63. The lowest BCUT2D eigenvalue weighted by atomic mass is 10.1. The summed E-state index contributed by atoms with van der Waals surface area (Å²) in [6.45, 7) is 0.387. The van der Waals surface area contributed by atoms with Crippen molar-refractivity contribution >= 4 is 21.6 Å². The van der Waals surface area contributed by atoms with Gasteiger partial charge in [-0.05, 0) is 39.7 Å². The molecule has 3 N–H and O–H groups in total. The van der Waals surface area contributed by atoms with E-state index in [4.69, 9.17) is 10.5 Å². The van der Waals surface area contributed by atoms with Crippen molar-refractivity contribution in [2.45, 2.75) is 6.04 Å². The molecule has 1 unspecified atom stereocenters. The average molecular weight is 340 g/mol. The van der Waals surface area contributed by atoms with Gasteiger partial charge in [-0.15, -0.1) is 0 Å². The fourth-order valence-electron chi connectivity index (χ4n) is 1.85. The number of anilines is 1. The van der Waals surface area contributed by atoms with Gasteiger partial charge in [0.15, 0.2) is 11.6 Å². The van der Waals surface area contributed by atoms with Crippen molar-refractivity contribution in [3.63, 3.8) is 0 Å². The van der Waals surface area contributed by atoms with E-state index in [0.29, 0.717) is 6.54 Å². The Kier molecular flexibility index (Phi) is 4.92. The minimum absolute atomic E-state index is 0.116. The molecule has 0 radical (unpaired) electrons. The van der Waals surface area contributed by atoms with E-state index in [0.717, 1.165) is 15.7 Å². The highest BCUT2D eigenvalue weighted by atomic mass is 79.9. The molecule has 0 aliphatic rings. The van der Waals surface area contributed by atoms with Crippen molar-refractivity contribution in [1.82, 2.24) is 4.98 Å². The molecule has 0 aliphatic carbocycles. The van der Waals surface area contributed by atoms with Gasteiger partial charge >= 0.3 is 0 Å². The number of pyridine rings is 1. The van der Waals surface area contributed by atoms with Gasteiger partial charge in [0, 0.05) is 35.2 Å². The first-order valence-electron chi connectivity index (χ1n) is 6.04. The Morgan fingerprint density at radius 2 is 2.20 bits per heavy atom. The molecule has 6 heteroatoms. The first-order valence-corrected chi connectivity index (χ1v) is 6.84. The molecular weight excluding hydrogens is 325 g/mol. The van der Waals surface area contributed by atoms with E-state index in [9.17, 15) is 4.39 Å². The number of benzene rings is 1. The van der Waals surface area contributed by atoms with Crippen LogP contribution in [0.3, 0.4) is 0 Å². The van der Waals surface area contributed by atoms with E-state index in [1.807, 2.05) is 6.07 Å². The van der Waals surface area contributed by atoms with E-state index < -0.39 is 5.82 Å². The van der Waals surface area contributed by atoms with Gasteiger partial charge in [-0.1, -0.05) is 0 Å². The van der Waals surface area contributed by atoms with Gasteiger partial charge in [-0.2, -0.15) is 0 Å². The Morgan fingerprint density at radius 1 is 1.40 bits per heavy atom. The first kappa shape index (κ1) is 14.7. The number of rotatable bonds is 5. The molecule has 0 fully saturated rings. The van der Waals surface area contributed by atoms with Crippen LogP contribution in [0.5, 0.6) is 5.75 Å². The molecule has 1 aromatic heterocycles. The SMILES string of the molecule is COc1cc(NC(CN)c2cncc(Br)c2)ccc1F. The maximum Gasteiger partial charge on any atom is 0.165 e. The number of hydrogen-bond acceptors (Lipinski definition) is 4. The van der Waals surface area contributed by atoms with Gasteiger partial charge in [0.1, 0.15) is 0 Å². The predicted octanol–water partition coefficient (Wildman–Crippen LogP) is 3.10. The molecule has 0 bridgehead atoms. The van der Waals surface area contributed by atoms with E-state index in [1.165, 1.54) is 13.2 Å². The summed E-state index contributed by atoms with van der Waals surface area (Å²) in [4.78, 5) is 4.12. The topological polar surface area (TPSA) is 60.2 Å². The van der Waals surface area contributed by atoms with Crippen LogP contribution in [0.15, 0.2) is 41.1 Å². The van der Waals surface area contributed by atoms with Crippen molar-refractivity contribution in [2.75, 3.05) is 19.0 Å². The molecule has 1 atom stereocenters. The number of aromatic nitrogens is 1. The van der Waals surface area contributed by atoms with Crippen LogP contribution >= 0.6 is 15.9 Å². The normalized spacial score (nSPS) is 12.0. The molecule has 1 aromatic carbocycles. The van der Waals surface area contributed by atoms with Crippen molar-refractivity contribution in [1.29, 1.82) is 0 Å². The van der Waals surface area contributed by atoms with Gasteiger partial charge in [-0.25, -0.2) is 4.39 Å². The lowest BCUT2D eigenvalue weighted by Crippen LogP contribution is -2.20. The molecule has 0 amide bonds. The summed E-state index contributed by atoms with van der Waals surface area (Å²) in [7, 11) is 1.43. The zero-order valence-corrected chi connectivity index (χ0v) is 12.5. The van der Waals surface area contributed by atoms with Crippen LogP contribution in [0.1, 0.15) is 11.6 Å². The third kappa shape index (κ3) is 3.46. The van der Waals surface area contributed by atoms with Crippen molar-refractivity contribution in [3.8, 4) is 5.75 Å². The maximum atomic E-state index is 13.4. The number of ether oxygens (including phenoxy) is 1. The second-order valence-corrected chi connectivity index (χ2v) is 5.13. The van der Waals surface area contributed by atoms with E-state index >= 15 is 0 Å². The van der Waals surface area contributed by atoms with Crippen molar-refractivity contribution in [2.24, 2.45) is 5.73 Å². The highest BCUT2D eigenvalue weighted by Crippen LogP contribution is 2.25. The lowest BCUT2D eigenvalue weighted by Gasteiger charge is -2.19. The Bertz CT molecular complexity index is 594. The predicted molar refractivity (Wildman–Crippen MR) is 80.3 cm³/mol. The monoisotopic (exact) mass is 339 g/mol. The molecule has 2 aromatic rings. The fourth-order valence-corrected chi connectivity index (χ4v) is 2.23. The van der Waals surface area contributed by atoms with Gasteiger partial charge in [0.05, 0.1) is 13.2 Å². The summed E-state index contributed by atoms with van der Waals surface area (Å²) < 4.78 is 19.2. The van der Waals surface area contributed by atoms with Gasteiger partial charge in [-0.3, -0.25) is 4.98 Å². The molecule has 0 saturated carbocycles. The molecule has 1 heterocycles. The van der Waals surface area contributed by atoms with Crippen molar-refractivity contribution in [3.05, 3.63) is 52.5 Å². The van der Waals surface area contributed by atoms with E-state index in [-0.39, 0.29) is 11.8 Å². The summed E-state index contributed by atoms with van der Waals surface area (Å²) in [5.41, 5.74) is 7.48. The van der Waals surface area contributed by atoms with Gasteiger partial charge in [0.25, 0.3) is 0 Å². The maximum absolute atomic E-state index is 13.4. The molecule has 106 valence electrons. The quantitative estimate of drug-likeness (QED) is 0.878. The minimum Gasteiger partial charge on any atom is -0.494 e. The summed E-state index contributed by atoms with van der Waals surface area (Å²) in [6, 6.07) is 6.43. The van der Waals surface area contributed by atoms with Crippen LogP contribution in [0.4, 0.5) is 10.1 Å². The number of methoxy groups -OCH3 is 1. The number of nitrogens with one attached hydrogen (secondary N) is 1. The van der Waals surface area contributed by atoms with E-state index in [2.05, 4.69) is 26.2 Å². The standard InChI is InChI=1S/C14H15BrFN3O/c1-20-14-5-11(2-3-12(14)16)19-13(6-17)9-4-10(15)8-18-7-9/h2-5,7-8,13,19H,6,17H2,1H3. The number of halogens is 2. The Morgan fingerprint density at radius 3 is 2.85 bits per heavy atom. The zero-order valence-electron chi connectivity index (χ0n) is 10.9. The summed E-state index contributed by atoms with van der Waals surface area (Å²) in [5, 5.41) is 3.24. The van der Waals surface area contributed by atoms with Crippen LogP contribution in [0.2, 0.25) is 0 Å². The van der Waals surface area contributed by atoms with Crippen LogP contribution < -0.4 is 15.8 Å². The van der Waals surface area contributed by atoms with E-state index in [1.54, 1.807) is 24.5 Å². The average Bonchev–Trinajstić information content (AvgIpc) is 2.46. The second kappa shape index (κ2) is 6.67. The molecule has 0 aliphatic heterocycles.